The van der Waals surface area contributed by atoms with Crippen LogP contribution in [0.2, 0.25) is 0 Å². The van der Waals surface area contributed by atoms with Gasteiger partial charge in [-0.25, -0.2) is 14.2 Å². The van der Waals surface area contributed by atoms with Crippen molar-refractivity contribution in [2.24, 2.45) is 0 Å². The summed E-state index contributed by atoms with van der Waals surface area (Å²) in [7, 11) is 0. The summed E-state index contributed by atoms with van der Waals surface area (Å²) < 4.78 is 29.0. The number of aryl methyl sites for hydroxylation is 1. The van der Waals surface area contributed by atoms with Crippen LogP contribution in [0.15, 0.2) is 34.9 Å². The van der Waals surface area contributed by atoms with E-state index in [1.54, 1.807) is 39.0 Å². The molecule has 0 aliphatic rings. The van der Waals surface area contributed by atoms with E-state index in [1.807, 2.05) is 0 Å². The van der Waals surface area contributed by atoms with Gasteiger partial charge in [-0.1, -0.05) is 12.1 Å². The van der Waals surface area contributed by atoms with Crippen molar-refractivity contribution >= 4 is 11.9 Å². The van der Waals surface area contributed by atoms with Gasteiger partial charge in [0.2, 0.25) is 0 Å². The number of rotatable bonds is 6. The lowest BCUT2D eigenvalue weighted by atomic mass is 10.2. The van der Waals surface area contributed by atoms with Crippen molar-refractivity contribution in [3.63, 3.8) is 0 Å². The first-order valence-corrected chi connectivity index (χ1v) is 7.82. The van der Waals surface area contributed by atoms with Gasteiger partial charge in [-0.3, -0.25) is 4.79 Å². The van der Waals surface area contributed by atoms with Gasteiger partial charge >= 0.3 is 11.9 Å². The highest BCUT2D eigenvalue weighted by Crippen LogP contribution is 2.23. The van der Waals surface area contributed by atoms with Gasteiger partial charge in [-0.05, 0) is 32.9 Å². The SMILES string of the molecule is CC(C)(C)OC(=O)COC(=O)CCc1ncc(-c2ccccc2F)o1. The Morgan fingerprint density at radius 3 is 2.60 bits per heavy atom. The fourth-order valence-corrected chi connectivity index (χ4v) is 2.00. The summed E-state index contributed by atoms with van der Waals surface area (Å²) in [5.74, 6) is -1.03. The Morgan fingerprint density at radius 2 is 1.92 bits per heavy atom. The van der Waals surface area contributed by atoms with E-state index in [9.17, 15) is 14.0 Å². The van der Waals surface area contributed by atoms with E-state index >= 15 is 0 Å². The van der Waals surface area contributed by atoms with Gasteiger partial charge in [0.1, 0.15) is 11.4 Å². The number of carbonyl (C=O) groups excluding carboxylic acids is 2. The van der Waals surface area contributed by atoms with Gasteiger partial charge in [0.05, 0.1) is 18.2 Å². The molecule has 0 bridgehead atoms. The molecule has 0 amide bonds. The minimum atomic E-state index is -0.634. The summed E-state index contributed by atoms with van der Waals surface area (Å²) >= 11 is 0. The number of halogens is 1. The van der Waals surface area contributed by atoms with Crippen molar-refractivity contribution in [1.29, 1.82) is 0 Å². The molecule has 6 nitrogen and oxygen atoms in total. The number of benzene rings is 1. The predicted molar refractivity (Wildman–Crippen MR) is 87.0 cm³/mol. The third-order valence-corrected chi connectivity index (χ3v) is 3.01. The van der Waals surface area contributed by atoms with Crippen molar-refractivity contribution in [3.8, 4) is 11.3 Å². The maximum atomic E-state index is 13.7. The molecule has 1 heterocycles. The topological polar surface area (TPSA) is 78.6 Å². The van der Waals surface area contributed by atoms with Crippen LogP contribution < -0.4 is 0 Å². The average Bonchev–Trinajstić information content (AvgIpc) is 2.98. The Hall–Kier alpha value is -2.70. The molecule has 7 heteroatoms. The van der Waals surface area contributed by atoms with Gasteiger partial charge in [0.15, 0.2) is 18.3 Å². The van der Waals surface area contributed by atoms with Crippen molar-refractivity contribution in [2.75, 3.05) is 6.61 Å². The maximum absolute atomic E-state index is 13.7. The van der Waals surface area contributed by atoms with E-state index in [-0.39, 0.29) is 24.5 Å². The summed E-state index contributed by atoms with van der Waals surface area (Å²) in [6, 6.07) is 6.17. The quantitative estimate of drug-likeness (QED) is 0.745. The van der Waals surface area contributed by atoms with Crippen LogP contribution in [-0.4, -0.2) is 29.1 Å². The van der Waals surface area contributed by atoms with Crippen LogP contribution in [0.3, 0.4) is 0 Å². The molecule has 1 aromatic carbocycles. The highest BCUT2D eigenvalue weighted by atomic mass is 19.1. The molecule has 0 radical (unpaired) electrons. The summed E-state index contributed by atoms with van der Waals surface area (Å²) in [4.78, 5) is 27.1. The number of hydrogen-bond donors (Lipinski definition) is 0. The van der Waals surface area contributed by atoms with E-state index < -0.39 is 30.0 Å². The van der Waals surface area contributed by atoms with Crippen LogP contribution >= 0.6 is 0 Å². The molecule has 0 N–H and O–H groups in total. The lowest BCUT2D eigenvalue weighted by Crippen LogP contribution is -2.27. The summed E-state index contributed by atoms with van der Waals surface area (Å²) in [6.07, 6.45) is 1.57. The minimum Gasteiger partial charge on any atom is -0.457 e. The largest absolute Gasteiger partial charge is 0.457 e. The van der Waals surface area contributed by atoms with Crippen LogP contribution in [0.1, 0.15) is 33.1 Å². The number of esters is 2. The molecule has 0 saturated heterocycles. The zero-order valence-electron chi connectivity index (χ0n) is 14.4. The molecule has 2 aromatic rings. The Kier molecular flexibility index (Phi) is 5.90. The monoisotopic (exact) mass is 349 g/mol. The fraction of sp³-hybridized carbons (Fsp3) is 0.389. The highest BCUT2D eigenvalue weighted by Gasteiger charge is 2.18. The lowest BCUT2D eigenvalue weighted by molar-refractivity contribution is -0.166. The second-order valence-electron chi connectivity index (χ2n) is 6.35. The van der Waals surface area contributed by atoms with Crippen molar-refractivity contribution in [1.82, 2.24) is 4.98 Å². The van der Waals surface area contributed by atoms with Gasteiger partial charge in [0.25, 0.3) is 0 Å². The Morgan fingerprint density at radius 1 is 1.20 bits per heavy atom. The number of nitrogens with zero attached hydrogens (tertiary/aromatic N) is 1. The second kappa shape index (κ2) is 7.92. The maximum Gasteiger partial charge on any atom is 0.344 e. The molecular weight excluding hydrogens is 329 g/mol. The molecule has 2 rings (SSSR count). The van der Waals surface area contributed by atoms with Crippen molar-refractivity contribution in [3.05, 3.63) is 42.2 Å². The Bertz CT molecular complexity index is 748. The minimum absolute atomic E-state index is 0.0139. The smallest absolute Gasteiger partial charge is 0.344 e. The van der Waals surface area contributed by atoms with Crippen LogP contribution in [0.5, 0.6) is 0 Å². The molecule has 0 saturated carbocycles. The van der Waals surface area contributed by atoms with Crippen LogP contribution in [0.4, 0.5) is 4.39 Å². The molecule has 0 aliphatic carbocycles. The van der Waals surface area contributed by atoms with E-state index in [1.165, 1.54) is 12.3 Å². The van der Waals surface area contributed by atoms with Gasteiger partial charge in [-0.2, -0.15) is 0 Å². The second-order valence-corrected chi connectivity index (χ2v) is 6.35. The zero-order valence-corrected chi connectivity index (χ0v) is 14.4. The first kappa shape index (κ1) is 18.6. The average molecular weight is 349 g/mol. The number of oxazole rings is 1. The van der Waals surface area contributed by atoms with Crippen LogP contribution in [0, 0.1) is 5.82 Å². The predicted octanol–water partition coefficient (Wildman–Crippen LogP) is 3.30. The molecule has 0 fully saturated rings. The number of ether oxygens (including phenoxy) is 2. The number of aromatic nitrogens is 1. The standard InChI is InChI=1S/C18H20FNO5/c1-18(2,3)25-17(22)11-23-16(21)9-8-15-20-10-14(24-15)12-6-4-5-7-13(12)19/h4-7,10H,8-9,11H2,1-3H3. The van der Waals surface area contributed by atoms with Crippen molar-refractivity contribution in [2.45, 2.75) is 39.2 Å². The fourth-order valence-electron chi connectivity index (χ4n) is 2.00. The summed E-state index contributed by atoms with van der Waals surface area (Å²) in [5.41, 5.74) is -0.334. The normalized spacial score (nSPS) is 11.2. The van der Waals surface area contributed by atoms with E-state index in [0.717, 1.165) is 0 Å². The number of carbonyl (C=O) groups is 2. The lowest BCUT2D eigenvalue weighted by Gasteiger charge is -2.19. The third-order valence-electron chi connectivity index (χ3n) is 3.01. The third kappa shape index (κ3) is 6.02. The Balaban J connectivity index is 1.81. The van der Waals surface area contributed by atoms with Gasteiger partial charge < -0.3 is 13.9 Å². The molecule has 0 unspecified atom stereocenters. The summed E-state index contributed by atoms with van der Waals surface area (Å²) in [5, 5.41) is 0. The van der Waals surface area contributed by atoms with Crippen LogP contribution in [0.25, 0.3) is 11.3 Å². The van der Waals surface area contributed by atoms with E-state index in [0.29, 0.717) is 5.56 Å². The number of hydrogen-bond acceptors (Lipinski definition) is 6. The van der Waals surface area contributed by atoms with E-state index in [4.69, 9.17) is 13.9 Å². The Labute approximate surface area is 145 Å². The first-order chi connectivity index (χ1) is 11.7. The summed E-state index contributed by atoms with van der Waals surface area (Å²) in [6.45, 7) is 4.73. The molecule has 0 atom stereocenters. The van der Waals surface area contributed by atoms with Gasteiger partial charge in [0, 0.05) is 6.42 Å². The van der Waals surface area contributed by atoms with Gasteiger partial charge in [-0.15, -0.1) is 0 Å². The molecule has 25 heavy (non-hydrogen) atoms. The molecule has 134 valence electrons. The molecule has 1 aromatic heterocycles. The highest BCUT2D eigenvalue weighted by molar-refractivity contribution is 5.76. The van der Waals surface area contributed by atoms with E-state index in [2.05, 4.69) is 4.98 Å². The van der Waals surface area contributed by atoms with Crippen LogP contribution in [-0.2, 0) is 25.5 Å². The molecular formula is C18H20FNO5. The zero-order chi connectivity index (χ0) is 18.4. The molecule has 0 spiro atoms. The van der Waals surface area contributed by atoms with Crippen molar-refractivity contribution < 1.29 is 27.9 Å². The molecule has 0 aliphatic heterocycles. The first-order valence-electron chi connectivity index (χ1n) is 7.82.